The van der Waals surface area contributed by atoms with Crippen LogP contribution in [0.25, 0.3) is 42.1 Å². The zero-order valence-corrected chi connectivity index (χ0v) is 21.3. The molecule has 0 aliphatic rings. The van der Waals surface area contributed by atoms with Crippen LogP contribution in [0.4, 0.5) is 0 Å². The van der Waals surface area contributed by atoms with Crippen molar-refractivity contribution in [2.75, 3.05) is 0 Å². The molecule has 6 rings (SSSR count). The number of benzene rings is 4. The Labute approximate surface area is 205 Å². The standard InChI is InChI=1S/C32H30OS/c1-31(2,3)21-14-16-27-25(18-21)22-15-13-20(17-28(22)33-27)19-32(4,5)26-11-8-10-24-23-9-6-7-12-29(23)34-30(24)26/h6-18H,19H2,1-5H3. The molecule has 0 amide bonds. The topological polar surface area (TPSA) is 13.1 Å². The highest BCUT2D eigenvalue weighted by Gasteiger charge is 2.25. The van der Waals surface area contributed by atoms with Gasteiger partial charge in [-0.1, -0.05) is 89.2 Å². The Morgan fingerprint density at radius 3 is 2.29 bits per heavy atom. The Morgan fingerprint density at radius 1 is 0.676 bits per heavy atom. The maximum Gasteiger partial charge on any atom is 0.135 e. The summed E-state index contributed by atoms with van der Waals surface area (Å²) < 4.78 is 9.06. The van der Waals surface area contributed by atoms with E-state index in [-0.39, 0.29) is 10.8 Å². The highest BCUT2D eigenvalue weighted by molar-refractivity contribution is 7.26. The van der Waals surface area contributed by atoms with Crippen molar-refractivity contribution in [3.05, 3.63) is 95.6 Å². The summed E-state index contributed by atoms with van der Waals surface area (Å²) in [6.45, 7) is 11.5. The number of rotatable bonds is 3. The largest absolute Gasteiger partial charge is 0.456 e. The van der Waals surface area contributed by atoms with E-state index in [4.69, 9.17) is 4.42 Å². The second kappa shape index (κ2) is 7.45. The molecule has 0 spiro atoms. The summed E-state index contributed by atoms with van der Waals surface area (Å²) in [5.41, 5.74) is 6.14. The lowest BCUT2D eigenvalue weighted by Crippen LogP contribution is -2.20. The molecule has 0 saturated carbocycles. The average Bonchev–Trinajstić information content (AvgIpc) is 3.35. The van der Waals surface area contributed by atoms with Crippen LogP contribution in [0.15, 0.2) is 83.3 Å². The Balaban J connectivity index is 1.41. The van der Waals surface area contributed by atoms with Gasteiger partial charge in [0.15, 0.2) is 0 Å². The molecule has 2 heteroatoms. The summed E-state index contributed by atoms with van der Waals surface area (Å²) in [7, 11) is 0. The van der Waals surface area contributed by atoms with Crippen LogP contribution in [0.2, 0.25) is 0 Å². The molecular formula is C32H30OS. The molecule has 2 heterocycles. The van der Waals surface area contributed by atoms with E-state index in [0.717, 1.165) is 17.6 Å². The Morgan fingerprint density at radius 2 is 1.47 bits per heavy atom. The third-order valence-electron chi connectivity index (χ3n) is 7.18. The molecule has 34 heavy (non-hydrogen) atoms. The van der Waals surface area contributed by atoms with E-state index in [1.165, 1.54) is 47.6 Å². The van der Waals surface area contributed by atoms with Gasteiger partial charge in [0.1, 0.15) is 11.2 Å². The van der Waals surface area contributed by atoms with Gasteiger partial charge in [-0.3, -0.25) is 0 Å². The van der Waals surface area contributed by atoms with Crippen LogP contribution >= 0.6 is 11.3 Å². The molecule has 2 aromatic heterocycles. The molecular weight excluding hydrogens is 432 g/mol. The van der Waals surface area contributed by atoms with E-state index in [1.54, 1.807) is 0 Å². The Hall–Kier alpha value is -3.10. The van der Waals surface area contributed by atoms with Crippen molar-refractivity contribution in [2.24, 2.45) is 0 Å². The van der Waals surface area contributed by atoms with Crippen molar-refractivity contribution in [1.82, 2.24) is 0 Å². The fourth-order valence-electron chi connectivity index (χ4n) is 5.28. The monoisotopic (exact) mass is 462 g/mol. The molecule has 0 radical (unpaired) electrons. The smallest absolute Gasteiger partial charge is 0.135 e. The lowest BCUT2D eigenvalue weighted by Gasteiger charge is -2.26. The third kappa shape index (κ3) is 3.44. The van der Waals surface area contributed by atoms with Gasteiger partial charge in [0.2, 0.25) is 0 Å². The zero-order valence-electron chi connectivity index (χ0n) is 20.5. The molecule has 0 unspecified atom stereocenters. The van der Waals surface area contributed by atoms with Gasteiger partial charge in [-0.25, -0.2) is 0 Å². The molecule has 0 saturated heterocycles. The van der Waals surface area contributed by atoms with Gasteiger partial charge < -0.3 is 4.42 Å². The summed E-state index contributed by atoms with van der Waals surface area (Å²) in [5, 5.41) is 5.14. The van der Waals surface area contributed by atoms with E-state index in [0.29, 0.717) is 0 Å². The quantitative estimate of drug-likeness (QED) is 0.255. The maximum absolute atomic E-state index is 6.29. The summed E-state index contributed by atoms with van der Waals surface area (Å²) >= 11 is 1.92. The normalized spacial score (nSPS) is 13.0. The van der Waals surface area contributed by atoms with Crippen LogP contribution in [0.3, 0.4) is 0 Å². The lowest BCUT2D eigenvalue weighted by atomic mass is 9.78. The minimum absolute atomic E-state index is 0.000513. The molecule has 6 aromatic rings. The predicted molar refractivity (Wildman–Crippen MR) is 148 cm³/mol. The van der Waals surface area contributed by atoms with E-state index < -0.39 is 0 Å². The summed E-state index contributed by atoms with van der Waals surface area (Å²) in [4.78, 5) is 0. The first-order valence-electron chi connectivity index (χ1n) is 12.1. The molecule has 4 aromatic carbocycles. The second-order valence-corrected chi connectivity index (χ2v) is 12.3. The van der Waals surface area contributed by atoms with Crippen molar-refractivity contribution in [2.45, 2.75) is 51.9 Å². The number of furan rings is 1. The van der Waals surface area contributed by atoms with Crippen LogP contribution in [0.1, 0.15) is 51.3 Å². The highest BCUT2D eigenvalue weighted by Crippen LogP contribution is 2.41. The third-order valence-corrected chi connectivity index (χ3v) is 8.40. The van der Waals surface area contributed by atoms with E-state index >= 15 is 0 Å². The fraction of sp³-hybridized carbons (Fsp3) is 0.250. The number of fused-ring (bicyclic) bond motifs is 6. The van der Waals surface area contributed by atoms with Crippen LogP contribution in [0, 0.1) is 0 Å². The number of thiophene rings is 1. The average molecular weight is 463 g/mol. The van der Waals surface area contributed by atoms with Crippen molar-refractivity contribution in [3.8, 4) is 0 Å². The van der Waals surface area contributed by atoms with Crippen molar-refractivity contribution < 1.29 is 4.42 Å². The summed E-state index contributed by atoms with van der Waals surface area (Å²) in [6, 6.07) is 28.9. The fourth-order valence-corrected chi connectivity index (χ4v) is 6.68. The Bertz CT molecular complexity index is 1690. The van der Waals surface area contributed by atoms with E-state index in [2.05, 4.69) is 113 Å². The minimum atomic E-state index is -0.000513. The molecule has 0 aliphatic heterocycles. The van der Waals surface area contributed by atoms with Gasteiger partial charge >= 0.3 is 0 Å². The molecule has 0 atom stereocenters. The van der Waals surface area contributed by atoms with Crippen LogP contribution in [0.5, 0.6) is 0 Å². The van der Waals surface area contributed by atoms with Crippen LogP contribution in [-0.2, 0) is 17.3 Å². The molecule has 170 valence electrons. The SMILES string of the molecule is CC(C)(C)c1ccc2oc3cc(CC(C)(C)c4cccc5c4sc4ccccc45)ccc3c2c1. The first-order valence-corrected chi connectivity index (χ1v) is 12.9. The van der Waals surface area contributed by atoms with Crippen LogP contribution < -0.4 is 0 Å². The van der Waals surface area contributed by atoms with Gasteiger partial charge in [-0.05, 0) is 58.2 Å². The number of hydrogen-bond donors (Lipinski definition) is 0. The summed E-state index contributed by atoms with van der Waals surface area (Å²) in [6.07, 6.45) is 0.959. The van der Waals surface area contributed by atoms with Gasteiger partial charge in [0, 0.05) is 30.9 Å². The molecule has 0 N–H and O–H groups in total. The maximum atomic E-state index is 6.29. The van der Waals surface area contributed by atoms with Crippen LogP contribution in [-0.4, -0.2) is 0 Å². The summed E-state index contributed by atoms with van der Waals surface area (Å²) in [5.74, 6) is 0. The first-order chi connectivity index (χ1) is 16.2. The van der Waals surface area contributed by atoms with Gasteiger partial charge in [-0.15, -0.1) is 11.3 Å². The van der Waals surface area contributed by atoms with Crippen molar-refractivity contribution >= 4 is 53.4 Å². The van der Waals surface area contributed by atoms with Crippen molar-refractivity contribution in [1.29, 1.82) is 0 Å². The van der Waals surface area contributed by atoms with Crippen molar-refractivity contribution in [3.63, 3.8) is 0 Å². The molecule has 1 nitrogen and oxygen atoms in total. The minimum Gasteiger partial charge on any atom is -0.456 e. The highest BCUT2D eigenvalue weighted by atomic mass is 32.1. The van der Waals surface area contributed by atoms with E-state index in [9.17, 15) is 0 Å². The lowest BCUT2D eigenvalue weighted by molar-refractivity contribution is 0.527. The molecule has 0 fully saturated rings. The predicted octanol–water partition coefficient (Wildman–Crippen LogP) is 9.77. The second-order valence-electron chi connectivity index (χ2n) is 11.2. The first kappa shape index (κ1) is 21.4. The van der Waals surface area contributed by atoms with Gasteiger partial charge in [-0.2, -0.15) is 0 Å². The number of hydrogen-bond acceptors (Lipinski definition) is 2. The van der Waals surface area contributed by atoms with Gasteiger partial charge in [0.25, 0.3) is 0 Å². The molecule has 0 aliphatic carbocycles. The van der Waals surface area contributed by atoms with E-state index in [1.807, 2.05) is 11.3 Å². The zero-order chi connectivity index (χ0) is 23.7. The van der Waals surface area contributed by atoms with Gasteiger partial charge in [0.05, 0.1) is 0 Å². The molecule has 0 bridgehead atoms. The Kier molecular flexibility index (Phi) is 4.70.